The number of hydrogen-bond donors (Lipinski definition) is 0. The van der Waals surface area contributed by atoms with E-state index in [9.17, 15) is 0 Å². The third kappa shape index (κ3) is 2.72. The average Bonchev–Trinajstić information content (AvgIpc) is 2.42. The molecule has 0 aliphatic carbocycles. The van der Waals surface area contributed by atoms with Crippen LogP contribution >= 0.6 is 0 Å². The first kappa shape index (κ1) is 11.0. The normalized spacial score (nSPS) is 8.88. The summed E-state index contributed by atoms with van der Waals surface area (Å²) in [4.78, 5) is 3.77. The summed E-state index contributed by atoms with van der Waals surface area (Å²) in [5.74, 6) is 2.91. The third-order valence-electron chi connectivity index (χ3n) is 2.36. The molecular formula is C16H11N. The second-order valence-electron chi connectivity index (χ2n) is 3.46. The summed E-state index contributed by atoms with van der Waals surface area (Å²) in [6.45, 7) is 0. The van der Waals surface area contributed by atoms with Crippen molar-refractivity contribution in [2.45, 2.75) is 0 Å². The van der Waals surface area contributed by atoms with Crippen molar-refractivity contribution in [2.75, 3.05) is 0 Å². The standard InChI is InChI=1S/C16H11N/c1-2-17-13-16(14-9-5-3-6-10-14)15-11-7-4-8-12-15/h1,3-12H. The predicted molar refractivity (Wildman–Crippen MR) is 71.7 cm³/mol. The Labute approximate surface area is 101 Å². The van der Waals surface area contributed by atoms with Gasteiger partial charge in [-0.25, -0.2) is 0 Å². The van der Waals surface area contributed by atoms with Crippen molar-refractivity contribution in [2.24, 2.45) is 4.99 Å². The number of rotatable bonds is 2. The van der Waals surface area contributed by atoms with Gasteiger partial charge in [-0.1, -0.05) is 67.1 Å². The Morgan fingerprint density at radius 3 is 1.71 bits per heavy atom. The van der Waals surface area contributed by atoms with Crippen molar-refractivity contribution in [3.63, 3.8) is 0 Å². The lowest BCUT2D eigenvalue weighted by molar-refractivity contribution is 1.56. The Balaban J connectivity index is 2.57. The van der Waals surface area contributed by atoms with E-state index in [2.05, 4.69) is 16.9 Å². The number of benzene rings is 2. The maximum absolute atomic E-state index is 5.14. The van der Waals surface area contributed by atoms with Crippen LogP contribution < -0.4 is 0 Å². The van der Waals surface area contributed by atoms with Crippen LogP contribution in [-0.4, -0.2) is 5.87 Å². The Morgan fingerprint density at radius 1 is 0.824 bits per heavy atom. The topological polar surface area (TPSA) is 12.4 Å². The summed E-state index contributed by atoms with van der Waals surface area (Å²) in [6.07, 6.45) is 5.14. The van der Waals surface area contributed by atoms with Gasteiger partial charge in [0.1, 0.15) is 0 Å². The fraction of sp³-hybridized carbons (Fsp3) is 0. The molecule has 0 aromatic heterocycles. The van der Waals surface area contributed by atoms with Gasteiger partial charge in [0.25, 0.3) is 0 Å². The second kappa shape index (κ2) is 5.51. The quantitative estimate of drug-likeness (QED) is 0.540. The Kier molecular flexibility index (Phi) is 3.55. The van der Waals surface area contributed by atoms with E-state index < -0.39 is 0 Å². The lowest BCUT2D eigenvalue weighted by Crippen LogP contribution is -1.87. The maximum atomic E-state index is 5.14. The molecule has 0 aliphatic rings. The Morgan fingerprint density at radius 2 is 1.29 bits per heavy atom. The predicted octanol–water partition coefficient (Wildman–Crippen LogP) is 3.38. The number of hydrogen-bond acceptors (Lipinski definition) is 1. The van der Waals surface area contributed by atoms with Crippen LogP contribution in [0, 0.1) is 12.5 Å². The Bertz CT molecular complexity index is 541. The molecule has 2 aromatic carbocycles. The fourth-order valence-corrected chi connectivity index (χ4v) is 1.59. The van der Waals surface area contributed by atoms with Crippen LogP contribution in [0.15, 0.2) is 65.7 Å². The summed E-state index contributed by atoms with van der Waals surface area (Å²) in [6, 6.07) is 22.2. The van der Waals surface area contributed by atoms with Crippen LogP contribution in [0.2, 0.25) is 0 Å². The monoisotopic (exact) mass is 217 g/mol. The van der Waals surface area contributed by atoms with Crippen molar-refractivity contribution >= 4 is 11.4 Å². The van der Waals surface area contributed by atoms with Gasteiger partial charge in [0.2, 0.25) is 0 Å². The molecule has 80 valence electrons. The van der Waals surface area contributed by atoms with E-state index in [-0.39, 0.29) is 0 Å². The van der Waals surface area contributed by atoms with Gasteiger partial charge in [0, 0.05) is 11.9 Å². The van der Waals surface area contributed by atoms with Gasteiger partial charge in [-0.05, 0) is 11.1 Å². The molecule has 2 aromatic rings. The first-order valence-electron chi connectivity index (χ1n) is 5.31. The van der Waals surface area contributed by atoms with Gasteiger partial charge in [0.05, 0.1) is 5.57 Å². The summed E-state index contributed by atoms with van der Waals surface area (Å²) >= 11 is 0. The lowest BCUT2D eigenvalue weighted by Gasteiger charge is -2.03. The first-order chi connectivity index (χ1) is 8.42. The molecule has 1 nitrogen and oxygen atoms in total. The van der Waals surface area contributed by atoms with E-state index in [4.69, 9.17) is 6.42 Å². The van der Waals surface area contributed by atoms with Crippen molar-refractivity contribution in [3.05, 3.63) is 71.8 Å². The fourth-order valence-electron chi connectivity index (χ4n) is 1.59. The van der Waals surface area contributed by atoms with Crippen molar-refractivity contribution < 1.29 is 0 Å². The van der Waals surface area contributed by atoms with E-state index in [1.54, 1.807) is 0 Å². The van der Waals surface area contributed by atoms with Crippen LogP contribution in [0.25, 0.3) is 5.57 Å². The number of nitrogens with zero attached hydrogens (tertiary/aromatic N) is 1. The molecule has 0 unspecified atom stereocenters. The van der Waals surface area contributed by atoms with Gasteiger partial charge in [-0.3, -0.25) is 0 Å². The van der Waals surface area contributed by atoms with Crippen molar-refractivity contribution in [1.29, 1.82) is 0 Å². The SMILES string of the molecule is C#CN=C=C(c1ccccc1)c1ccccc1. The summed E-state index contributed by atoms with van der Waals surface area (Å²) in [5, 5.41) is 0. The Hall–Kier alpha value is -2.55. The molecular weight excluding hydrogens is 206 g/mol. The van der Waals surface area contributed by atoms with E-state index in [0.29, 0.717) is 0 Å². The highest BCUT2D eigenvalue weighted by molar-refractivity contribution is 5.98. The van der Waals surface area contributed by atoms with E-state index in [1.165, 1.54) is 0 Å². The minimum Gasteiger partial charge on any atom is -0.154 e. The van der Waals surface area contributed by atoms with Crippen LogP contribution in [0.3, 0.4) is 0 Å². The molecule has 0 fully saturated rings. The molecule has 0 atom stereocenters. The zero-order valence-corrected chi connectivity index (χ0v) is 9.30. The summed E-state index contributed by atoms with van der Waals surface area (Å²) < 4.78 is 0. The third-order valence-corrected chi connectivity index (χ3v) is 2.36. The van der Waals surface area contributed by atoms with Crippen molar-refractivity contribution in [3.8, 4) is 12.5 Å². The van der Waals surface area contributed by atoms with Gasteiger partial charge < -0.3 is 0 Å². The summed E-state index contributed by atoms with van der Waals surface area (Å²) in [5.41, 5.74) is 3.01. The maximum Gasteiger partial charge on any atom is 0.0513 e. The number of terminal acetylenes is 1. The molecule has 0 amide bonds. The molecule has 2 rings (SSSR count). The molecule has 0 radical (unpaired) electrons. The molecule has 1 heteroatoms. The van der Waals surface area contributed by atoms with E-state index >= 15 is 0 Å². The minimum atomic E-state index is 0.907. The molecule has 0 saturated carbocycles. The van der Waals surface area contributed by atoms with Gasteiger partial charge in [-0.2, -0.15) is 4.99 Å². The van der Waals surface area contributed by atoms with Gasteiger partial charge in [0.15, 0.2) is 0 Å². The smallest absolute Gasteiger partial charge is 0.0513 e. The molecule has 0 bridgehead atoms. The highest BCUT2D eigenvalue weighted by atomic mass is 14.6. The molecule has 0 spiro atoms. The average molecular weight is 217 g/mol. The lowest BCUT2D eigenvalue weighted by atomic mass is 10.00. The summed E-state index contributed by atoms with van der Waals surface area (Å²) in [7, 11) is 0. The molecule has 17 heavy (non-hydrogen) atoms. The molecule has 0 aliphatic heterocycles. The zero-order valence-electron chi connectivity index (χ0n) is 9.30. The highest BCUT2D eigenvalue weighted by Crippen LogP contribution is 2.19. The highest BCUT2D eigenvalue weighted by Gasteiger charge is 2.03. The van der Waals surface area contributed by atoms with Gasteiger partial charge >= 0.3 is 0 Å². The van der Waals surface area contributed by atoms with Crippen LogP contribution in [0.5, 0.6) is 0 Å². The second-order valence-corrected chi connectivity index (χ2v) is 3.46. The zero-order chi connectivity index (χ0) is 11.9. The molecule has 0 heterocycles. The number of aliphatic imine (C=N–C) groups is 1. The van der Waals surface area contributed by atoms with E-state index in [0.717, 1.165) is 16.7 Å². The van der Waals surface area contributed by atoms with Crippen LogP contribution in [-0.2, 0) is 0 Å². The minimum absolute atomic E-state index is 0.907. The van der Waals surface area contributed by atoms with Crippen LogP contribution in [0.4, 0.5) is 0 Å². The first-order valence-corrected chi connectivity index (χ1v) is 5.31. The van der Waals surface area contributed by atoms with Crippen molar-refractivity contribution in [1.82, 2.24) is 0 Å². The van der Waals surface area contributed by atoms with E-state index in [1.807, 2.05) is 60.7 Å². The van der Waals surface area contributed by atoms with Crippen LogP contribution in [0.1, 0.15) is 11.1 Å². The van der Waals surface area contributed by atoms with Gasteiger partial charge in [-0.15, -0.1) is 0 Å². The molecule has 0 N–H and O–H groups in total. The molecule has 0 saturated heterocycles. The largest absolute Gasteiger partial charge is 0.154 e.